The van der Waals surface area contributed by atoms with Gasteiger partial charge in [0, 0.05) is 2.74 Å². The monoisotopic (exact) mass is 100 g/mol. The predicted molar refractivity (Wildman–Crippen MR) is 34.3 cm³/mol. The molecule has 7 heavy (non-hydrogen) atoms. The standard InChI is InChI=1S/C7H14/c1-3-5-7-6-4-2/h5,7H,3-4,6H2,1-2H3/i1D,2D. The van der Waals surface area contributed by atoms with Crippen LogP contribution in [0.5, 0.6) is 0 Å². The van der Waals surface area contributed by atoms with Crippen LogP contribution in [0.3, 0.4) is 0 Å². The van der Waals surface area contributed by atoms with Gasteiger partial charge in [-0.3, -0.25) is 0 Å². The molecule has 0 N–H and O–H groups in total. The maximum atomic E-state index is 6.81. The molecule has 0 fully saturated rings. The van der Waals surface area contributed by atoms with Crippen molar-refractivity contribution in [3.05, 3.63) is 12.2 Å². The molecule has 0 aromatic carbocycles. The van der Waals surface area contributed by atoms with E-state index >= 15 is 0 Å². The van der Waals surface area contributed by atoms with Gasteiger partial charge in [-0.05, 0) is 12.8 Å². The maximum Gasteiger partial charge on any atom is 0.0233 e. The highest BCUT2D eigenvalue weighted by Gasteiger charge is 1.68. The predicted octanol–water partition coefficient (Wildman–Crippen LogP) is 2.75. The summed E-state index contributed by atoms with van der Waals surface area (Å²) in [6.45, 7) is 1.00. The molecule has 0 heteroatoms. The lowest BCUT2D eigenvalue weighted by atomic mass is 10.3. The molecular weight excluding hydrogens is 84.1 g/mol. The second-order valence-corrected chi connectivity index (χ2v) is 1.40. The van der Waals surface area contributed by atoms with E-state index in [-0.39, 0.29) is 0 Å². The van der Waals surface area contributed by atoms with Gasteiger partial charge in [0.25, 0.3) is 0 Å². The van der Waals surface area contributed by atoms with Crippen LogP contribution < -0.4 is 0 Å². The van der Waals surface area contributed by atoms with Crippen molar-refractivity contribution in [3.8, 4) is 0 Å². The van der Waals surface area contributed by atoms with Crippen molar-refractivity contribution in [2.45, 2.75) is 33.1 Å². The minimum absolute atomic E-state index is 0.484. The molecule has 0 amide bonds. The summed E-state index contributed by atoms with van der Waals surface area (Å²) in [6, 6.07) is 0. The highest BCUT2D eigenvalue weighted by molar-refractivity contribution is 4.78. The topological polar surface area (TPSA) is 0 Å². The maximum absolute atomic E-state index is 6.81. The third-order valence-corrected chi connectivity index (χ3v) is 0.704. The van der Waals surface area contributed by atoms with Crippen molar-refractivity contribution in [3.63, 3.8) is 0 Å². The molecule has 0 unspecified atom stereocenters. The van der Waals surface area contributed by atoms with Crippen molar-refractivity contribution in [2.75, 3.05) is 0 Å². The van der Waals surface area contributed by atoms with Gasteiger partial charge in [0.05, 0.1) is 0 Å². The summed E-state index contributed by atoms with van der Waals surface area (Å²) in [6.07, 6.45) is 6.89. The van der Waals surface area contributed by atoms with Crippen molar-refractivity contribution >= 4 is 0 Å². The molecule has 0 nitrogen and oxygen atoms in total. The number of rotatable bonds is 3. The number of hydrogen-bond acceptors (Lipinski definition) is 0. The van der Waals surface area contributed by atoms with Crippen LogP contribution in [0, 0.1) is 0 Å². The second-order valence-electron chi connectivity index (χ2n) is 1.40. The number of unbranched alkanes of at least 4 members (excludes halogenated alkanes) is 1. The molecule has 0 aliphatic rings. The van der Waals surface area contributed by atoms with Crippen molar-refractivity contribution < 1.29 is 2.74 Å². The molecular formula is C7H14. The molecule has 0 aliphatic carbocycles. The zero-order chi connectivity index (χ0) is 6.95. The highest BCUT2D eigenvalue weighted by atomic mass is 13.7. The molecule has 0 bridgehead atoms. The Morgan fingerprint density at radius 3 is 3.14 bits per heavy atom. The Balaban J connectivity index is 2.86. The van der Waals surface area contributed by atoms with Gasteiger partial charge >= 0.3 is 0 Å². The molecule has 0 heterocycles. The summed E-state index contributed by atoms with van der Waals surface area (Å²) in [5, 5.41) is 0. The van der Waals surface area contributed by atoms with E-state index < -0.39 is 0 Å². The minimum Gasteiger partial charge on any atom is -0.0888 e. The van der Waals surface area contributed by atoms with Gasteiger partial charge in [-0.1, -0.05) is 32.4 Å². The molecule has 0 atom stereocenters. The highest BCUT2D eigenvalue weighted by Crippen LogP contribution is 1.88. The first-order chi connectivity index (χ1) is 4.41. The number of hydrogen-bond donors (Lipinski definition) is 0. The average Bonchev–Trinajstić information content (AvgIpc) is 1.89. The summed E-state index contributed by atoms with van der Waals surface area (Å²) >= 11 is 0. The Hall–Kier alpha value is -0.260. The van der Waals surface area contributed by atoms with Crippen LogP contribution in [0.15, 0.2) is 12.2 Å². The van der Waals surface area contributed by atoms with E-state index in [1.54, 1.807) is 0 Å². The molecule has 42 valence electrons. The first kappa shape index (κ1) is 3.71. The Morgan fingerprint density at radius 1 is 1.43 bits per heavy atom. The molecule has 0 radical (unpaired) electrons. The zero-order valence-corrected chi connectivity index (χ0v) is 4.69. The van der Waals surface area contributed by atoms with Crippen molar-refractivity contribution in [2.24, 2.45) is 0 Å². The van der Waals surface area contributed by atoms with Gasteiger partial charge in [0.1, 0.15) is 0 Å². The molecule has 0 saturated heterocycles. The van der Waals surface area contributed by atoms with E-state index in [4.69, 9.17) is 2.74 Å². The van der Waals surface area contributed by atoms with E-state index in [9.17, 15) is 0 Å². The third kappa shape index (κ3) is 5.74. The fourth-order valence-electron chi connectivity index (χ4n) is 0.354. The normalized spacial score (nSPS) is 14.3. The van der Waals surface area contributed by atoms with Gasteiger partial charge in [0.15, 0.2) is 0 Å². The summed E-state index contributed by atoms with van der Waals surface area (Å²) in [4.78, 5) is 0. The van der Waals surface area contributed by atoms with Crippen LogP contribution in [0.25, 0.3) is 0 Å². The van der Waals surface area contributed by atoms with Gasteiger partial charge in [-0.15, -0.1) is 0 Å². The van der Waals surface area contributed by atoms with Crippen LogP contribution in [0.1, 0.15) is 35.8 Å². The minimum atomic E-state index is 0.484. The van der Waals surface area contributed by atoms with Crippen LogP contribution in [-0.2, 0) is 0 Å². The fraction of sp³-hybridized carbons (Fsp3) is 0.714. The first-order valence-corrected chi connectivity index (χ1v) is 2.65. The van der Waals surface area contributed by atoms with E-state index in [0.29, 0.717) is 13.8 Å². The molecule has 0 aromatic heterocycles. The van der Waals surface area contributed by atoms with Gasteiger partial charge in [0.2, 0.25) is 0 Å². The van der Waals surface area contributed by atoms with Crippen LogP contribution in [0.4, 0.5) is 0 Å². The SMILES string of the molecule is [2H]CCC=CCCC[2H]. The second kappa shape index (κ2) is 5.74. The van der Waals surface area contributed by atoms with Crippen LogP contribution >= 0.6 is 0 Å². The summed E-state index contributed by atoms with van der Waals surface area (Å²) in [5.74, 6) is 0. The van der Waals surface area contributed by atoms with Crippen molar-refractivity contribution in [1.29, 1.82) is 0 Å². The molecule has 0 aliphatic heterocycles. The fourth-order valence-corrected chi connectivity index (χ4v) is 0.354. The Morgan fingerprint density at radius 2 is 2.43 bits per heavy atom. The lowest BCUT2D eigenvalue weighted by molar-refractivity contribution is 0.952. The van der Waals surface area contributed by atoms with E-state index in [0.717, 1.165) is 19.3 Å². The lowest BCUT2D eigenvalue weighted by Gasteiger charge is -1.79. The Bertz CT molecular complexity index is 69.3. The van der Waals surface area contributed by atoms with Gasteiger partial charge < -0.3 is 0 Å². The summed E-state index contributed by atoms with van der Waals surface area (Å²) in [5.41, 5.74) is 0. The van der Waals surface area contributed by atoms with E-state index in [2.05, 4.69) is 6.08 Å². The van der Waals surface area contributed by atoms with E-state index in [1.165, 1.54) is 0 Å². The average molecular weight is 100 g/mol. The van der Waals surface area contributed by atoms with Crippen molar-refractivity contribution in [1.82, 2.24) is 0 Å². The molecule has 0 spiro atoms. The molecule has 0 saturated carbocycles. The lowest BCUT2D eigenvalue weighted by Crippen LogP contribution is -1.58. The first-order valence-electron chi connectivity index (χ1n) is 4.06. The van der Waals surface area contributed by atoms with Gasteiger partial charge in [-0.2, -0.15) is 0 Å². The van der Waals surface area contributed by atoms with Crippen LogP contribution in [0.2, 0.25) is 0 Å². The van der Waals surface area contributed by atoms with Crippen LogP contribution in [-0.4, -0.2) is 0 Å². The quantitative estimate of drug-likeness (QED) is 0.378. The molecule has 0 aromatic rings. The Kier molecular flexibility index (Phi) is 3.04. The summed E-state index contributed by atoms with van der Waals surface area (Å²) < 4.78 is 13.6. The smallest absolute Gasteiger partial charge is 0.0233 e. The van der Waals surface area contributed by atoms with E-state index in [1.807, 2.05) is 6.08 Å². The summed E-state index contributed by atoms with van der Waals surface area (Å²) in [7, 11) is 0. The zero-order valence-electron chi connectivity index (χ0n) is 6.69. The Labute approximate surface area is 49.0 Å². The third-order valence-electron chi connectivity index (χ3n) is 0.704. The largest absolute Gasteiger partial charge is 0.0888 e. The molecule has 0 rings (SSSR count). The van der Waals surface area contributed by atoms with Gasteiger partial charge in [-0.25, -0.2) is 0 Å². The number of allylic oxidation sites excluding steroid dienone is 2.